The summed E-state index contributed by atoms with van der Waals surface area (Å²) in [6.45, 7) is 8.10. The zero-order valence-corrected chi connectivity index (χ0v) is 14.7. The zero-order valence-electron chi connectivity index (χ0n) is 14.7. The summed E-state index contributed by atoms with van der Waals surface area (Å²) in [5, 5.41) is 4.24. The van der Waals surface area contributed by atoms with E-state index < -0.39 is 5.41 Å². The number of aromatic nitrogens is 1. The first-order chi connectivity index (χ1) is 11.4. The van der Waals surface area contributed by atoms with Crippen LogP contribution in [0.15, 0.2) is 48.5 Å². The van der Waals surface area contributed by atoms with Crippen LogP contribution in [0.1, 0.15) is 37.6 Å². The molecule has 1 amide bonds. The second kappa shape index (κ2) is 6.16. The highest BCUT2D eigenvalue weighted by Gasteiger charge is 2.34. The molecular weight excluding hydrogens is 296 g/mol. The number of amides is 1. The lowest BCUT2D eigenvalue weighted by atomic mass is 9.81. The molecule has 0 spiro atoms. The van der Waals surface area contributed by atoms with E-state index in [1.54, 1.807) is 0 Å². The summed E-state index contributed by atoms with van der Waals surface area (Å²) in [7, 11) is 0. The summed E-state index contributed by atoms with van der Waals surface area (Å²) < 4.78 is 0. The van der Waals surface area contributed by atoms with Gasteiger partial charge in [-0.1, -0.05) is 43.3 Å². The van der Waals surface area contributed by atoms with Crippen LogP contribution in [0.4, 0.5) is 5.69 Å². The molecule has 24 heavy (non-hydrogen) atoms. The Hall–Kier alpha value is -2.55. The number of fused-ring (bicyclic) bond motifs is 1. The molecule has 0 atom stereocenters. The van der Waals surface area contributed by atoms with Crippen molar-refractivity contribution in [2.75, 3.05) is 5.32 Å². The fourth-order valence-corrected chi connectivity index (χ4v) is 3.42. The Morgan fingerprint density at radius 1 is 1.08 bits per heavy atom. The molecule has 1 aromatic heterocycles. The quantitative estimate of drug-likeness (QED) is 0.701. The molecule has 0 aliphatic rings. The number of carbonyl (C=O) groups is 1. The van der Waals surface area contributed by atoms with Crippen molar-refractivity contribution >= 4 is 22.5 Å². The maximum absolute atomic E-state index is 13.1. The topological polar surface area (TPSA) is 44.9 Å². The third-order valence-electron chi connectivity index (χ3n) is 4.73. The first-order valence-corrected chi connectivity index (χ1v) is 8.42. The van der Waals surface area contributed by atoms with E-state index in [-0.39, 0.29) is 5.91 Å². The lowest BCUT2D eigenvalue weighted by Gasteiger charge is -2.25. The van der Waals surface area contributed by atoms with E-state index in [4.69, 9.17) is 0 Å². The van der Waals surface area contributed by atoms with E-state index in [1.165, 1.54) is 0 Å². The highest BCUT2D eigenvalue weighted by Crippen LogP contribution is 2.34. The molecule has 2 N–H and O–H groups in total. The molecule has 3 rings (SSSR count). The standard InChI is InChI=1S/C21H24N2O/c1-5-15-10-6-8-12-17(15)23-20(24)21(3,4)19-14(2)22-18-13-9-7-11-16(18)19/h6-13,22H,5H2,1-4H3,(H,23,24). The molecule has 0 saturated carbocycles. The highest BCUT2D eigenvalue weighted by atomic mass is 16.2. The number of hydrogen-bond acceptors (Lipinski definition) is 1. The number of para-hydroxylation sites is 2. The average Bonchev–Trinajstić information content (AvgIpc) is 2.91. The summed E-state index contributed by atoms with van der Waals surface area (Å²) in [6, 6.07) is 16.1. The number of aromatic amines is 1. The van der Waals surface area contributed by atoms with Crippen LogP contribution in [0, 0.1) is 6.92 Å². The first kappa shape index (κ1) is 16.3. The van der Waals surface area contributed by atoms with Gasteiger partial charge in [0.25, 0.3) is 0 Å². The van der Waals surface area contributed by atoms with Crippen LogP contribution in [0.2, 0.25) is 0 Å². The van der Waals surface area contributed by atoms with Crippen molar-refractivity contribution in [3.05, 3.63) is 65.4 Å². The largest absolute Gasteiger partial charge is 0.358 e. The van der Waals surface area contributed by atoms with Crippen molar-refractivity contribution in [2.24, 2.45) is 0 Å². The van der Waals surface area contributed by atoms with Gasteiger partial charge in [-0.3, -0.25) is 4.79 Å². The number of benzene rings is 2. The van der Waals surface area contributed by atoms with Gasteiger partial charge in [-0.2, -0.15) is 0 Å². The molecule has 124 valence electrons. The number of hydrogen-bond donors (Lipinski definition) is 2. The number of H-pyrrole nitrogens is 1. The zero-order chi connectivity index (χ0) is 17.3. The number of aryl methyl sites for hydroxylation is 2. The fraction of sp³-hybridized carbons (Fsp3) is 0.286. The van der Waals surface area contributed by atoms with Crippen LogP contribution < -0.4 is 5.32 Å². The number of carbonyl (C=O) groups excluding carboxylic acids is 1. The average molecular weight is 320 g/mol. The van der Waals surface area contributed by atoms with Gasteiger partial charge in [-0.15, -0.1) is 0 Å². The summed E-state index contributed by atoms with van der Waals surface area (Å²) in [5.41, 5.74) is 4.59. The van der Waals surface area contributed by atoms with Gasteiger partial charge in [-0.05, 0) is 50.5 Å². The monoisotopic (exact) mass is 320 g/mol. The van der Waals surface area contributed by atoms with E-state index >= 15 is 0 Å². The van der Waals surface area contributed by atoms with Crippen molar-refractivity contribution in [3.63, 3.8) is 0 Å². The normalized spacial score (nSPS) is 11.7. The van der Waals surface area contributed by atoms with Crippen LogP contribution in [0.5, 0.6) is 0 Å². The first-order valence-electron chi connectivity index (χ1n) is 8.42. The maximum Gasteiger partial charge on any atom is 0.234 e. The Balaban J connectivity index is 2.00. The predicted molar refractivity (Wildman–Crippen MR) is 101 cm³/mol. The van der Waals surface area contributed by atoms with Gasteiger partial charge in [0, 0.05) is 22.3 Å². The molecule has 3 nitrogen and oxygen atoms in total. The lowest BCUT2D eigenvalue weighted by molar-refractivity contribution is -0.120. The minimum atomic E-state index is -0.634. The molecule has 3 aromatic rings. The minimum absolute atomic E-state index is 0.0104. The Kier molecular flexibility index (Phi) is 4.18. The van der Waals surface area contributed by atoms with E-state index in [0.717, 1.165) is 39.8 Å². The molecule has 0 unspecified atom stereocenters. The number of nitrogens with one attached hydrogen (secondary N) is 2. The minimum Gasteiger partial charge on any atom is -0.358 e. The van der Waals surface area contributed by atoms with Crippen LogP contribution in [0.25, 0.3) is 10.9 Å². The Labute approximate surface area is 143 Å². The molecule has 0 aliphatic heterocycles. The van der Waals surface area contributed by atoms with Gasteiger partial charge in [0.1, 0.15) is 0 Å². The van der Waals surface area contributed by atoms with Crippen molar-refractivity contribution in [2.45, 2.75) is 39.5 Å². The van der Waals surface area contributed by atoms with Crippen molar-refractivity contribution in [1.82, 2.24) is 4.98 Å². The molecule has 0 bridgehead atoms. The molecular formula is C21H24N2O. The number of rotatable bonds is 4. The third-order valence-corrected chi connectivity index (χ3v) is 4.73. The Bertz CT molecular complexity index is 890. The molecule has 0 fully saturated rings. The van der Waals surface area contributed by atoms with E-state index in [9.17, 15) is 4.79 Å². The highest BCUT2D eigenvalue weighted by molar-refractivity contribution is 6.02. The summed E-state index contributed by atoms with van der Waals surface area (Å²) in [6.07, 6.45) is 0.892. The van der Waals surface area contributed by atoms with Crippen LogP contribution >= 0.6 is 0 Å². The van der Waals surface area contributed by atoms with Gasteiger partial charge in [0.15, 0.2) is 0 Å². The smallest absolute Gasteiger partial charge is 0.234 e. The van der Waals surface area contributed by atoms with Gasteiger partial charge < -0.3 is 10.3 Å². The van der Waals surface area contributed by atoms with Gasteiger partial charge in [0.2, 0.25) is 5.91 Å². The molecule has 0 saturated heterocycles. The van der Waals surface area contributed by atoms with Gasteiger partial charge in [0.05, 0.1) is 5.41 Å². The fourth-order valence-electron chi connectivity index (χ4n) is 3.42. The molecule has 0 radical (unpaired) electrons. The summed E-state index contributed by atoms with van der Waals surface area (Å²) >= 11 is 0. The predicted octanol–water partition coefficient (Wildman–Crippen LogP) is 4.96. The van der Waals surface area contributed by atoms with Crippen LogP contribution in [0.3, 0.4) is 0 Å². The lowest BCUT2D eigenvalue weighted by Crippen LogP contribution is -2.35. The van der Waals surface area contributed by atoms with Gasteiger partial charge >= 0.3 is 0 Å². The van der Waals surface area contributed by atoms with Gasteiger partial charge in [-0.25, -0.2) is 0 Å². The summed E-state index contributed by atoms with van der Waals surface area (Å²) in [5.74, 6) is 0.0104. The van der Waals surface area contributed by atoms with E-state index in [1.807, 2.05) is 57.2 Å². The number of anilines is 1. The van der Waals surface area contributed by atoms with Crippen molar-refractivity contribution in [3.8, 4) is 0 Å². The maximum atomic E-state index is 13.1. The van der Waals surface area contributed by atoms with Crippen molar-refractivity contribution < 1.29 is 4.79 Å². The molecule has 3 heteroatoms. The van der Waals surface area contributed by atoms with E-state index in [2.05, 4.69) is 29.4 Å². The Morgan fingerprint density at radius 2 is 1.75 bits per heavy atom. The Morgan fingerprint density at radius 3 is 2.50 bits per heavy atom. The SMILES string of the molecule is CCc1ccccc1NC(=O)C(C)(C)c1c(C)[nH]c2ccccc12. The summed E-state index contributed by atoms with van der Waals surface area (Å²) in [4.78, 5) is 16.5. The van der Waals surface area contributed by atoms with Crippen molar-refractivity contribution in [1.29, 1.82) is 0 Å². The third kappa shape index (κ3) is 2.71. The second-order valence-electron chi connectivity index (χ2n) is 6.76. The molecule has 2 aromatic carbocycles. The van der Waals surface area contributed by atoms with Crippen LogP contribution in [-0.2, 0) is 16.6 Å². The van der Waals surface area contributed by atoms with Crippen LogP contribution in [-0.4, -0.2) is 10.9 Å². The van der Waals surface area contributed by atoms with E-state index in [0.29, 0.717) is 0 Å². The second-order valence-corrected chi connectivity index (χ2v) is 6.76. The molecule has 0 aliphatic carbocycles. The molecule has 1 heterocycles.